The Kier molecular flexibility index (Phi) is 9.15. The third-order valence-corrected chi connectivity index (χ3v) is 7.41. The molecule has 0 saturated carbocycles. The van der Waals surface area contributed by atoms with Crippen LogP contribution in [0.5, 0.6) is 11.5 Å². The topological polar surface area (TPSA) is 94.6 Å². The number of methoxy groups -OCH3 is 2. The maximum atomic E-state index is 13.9. The predicted octanol–water partition coefficient (Wildman–Crippen LogP) is 7.25. The lowest BCUT2D eigenvalue weighted by Gasteiger charge is -2.38. The first-order chi connectivity index (χ1) is 21.0. The summed E-state index contributed by atoms with van der Waals surface area (Å²) in [6, 6.07) is 10.4. The highest BCUT2D eigenvalue weighted by Gasteiger charge is 2.56. The molecule has 1 heterocycles. The van der Waals surface area contributed by atoms with Gasteiger partial charge in [0.25, 0.3) is 0 Å². The Bertz CT molecular complexity index is 1560. The van der Waals surface area contributed by atoms with Crippen molar-refractivity contribution in [1.29, 1.82) is 0 Å². The van der Waals surface area contributed by atoms with Gasteiger partial charge in [0.05, 0.1) is 30.9 Å². The van der Waals surface area contributed by atoms with E-state index in [1.807, 2.05) is 0 Å². The quantitative estimate of drug-likeness (QED) is 0.154. The molecule has 1 saturated heterocycles. The molecule has 1 atom stereocenters. The van der Waals surface area contributed by atoms with Crippen LogP contribution in [-0.2, 0) is 18.8 Å². The smallest absolute Gasteiger partial charge is 0.416 e. The van der Waals surface area contributed by atoms with E-state index in [0.717, 1.165) is 35.2 Å². The molecule has 0 radical (unpaired) electrons. The Labute approximate surface area is 254 Å². The van der Waals surface area contributed by atoms with Crippen molar-refractivity contribution in [3.05, 3.63) is 83.4 Å². The van der Waals surface area contributed by atoms with E-state index in [1.165, 1.54) is 39.0 Å². The van der Waals surface area contributed by atoms with Crippen molar-refractivity contribution in [3.63, 3.8) is 0 Å². The number of nitrogens with one attached hydrogen (secondary N) is 1. The number of anilines is 2. The molecule has 1 fully saturated rings. The summed E-state index contributed by atoms with van der Waals surface area (Å²) < 4.78 is 91.0. The van der Waals surface area contributed by atoms with Gasteiger partial charge in [-0.1, -0.05) is 18.2 Å². The minimum Gasteiger partial charge on any atom is -0.493 e. The summed E-state index contributed by atoms with van der Waals surface area (Å²) in [5.41, 5.74) is -3.45. The molecule has 242 valence electrons. The molecule has 4 rings (SSSR count). The van der Waals surface area contributed by atoms with Gasteiger partial charge in [-0.25, -0.2) is 9.59 Å². The number of amides is 4. The lowest BCUT2D eigenvalue weighted by atomic mass is 9.99. The summed E-state index contributed by atoms with van der Waals surface area (Å²) in [5.74, 6) is 0.899. The van der Waals surface area contributed by atoms with Crippen molar-refractivity contribution in [2.75, 3.05) is 31.0 Å². The number of nitrogens with zero attached hydrogens (tertiary/aromatic N) is 3. The average Bonchev–Trinajstić information content (AvgIpc) is 3.18. The van der Waals surface area contributed by atoms with Crippen LogP contribution in [0.25, 0.3) is 0 Å². The lowest BCUT2D eigenvalue weighted by Crippen LogP contribution is -2.58. The van der Waals surface area contributed by atoms with Crippen LogP contribution >= 0.6 is 0 Å². The summed E-state index contributed by atoms with van der Waals surface area (Å²) in [7, 11) is 2.92. The molecule has 0 aliphatic carbocycles. The van der Waals surface area contributed by atoms with E-state index in [1.54, 1.807) is 18.2 Å². The van der Waals surface area contributed by atoms with Gasteiger partial charge in [0.2, 0.25) is 0 Å². The summed E-state index contributed by atoms with van der Waals surface area (Å²) in [5, 5.41) is 13.4. The van der Waals surface area contributed by atoms with E-state index < -0.39 is 47.2 Å². The third kappa shape index (κ3) is 6.87. The molecule has 0 spiro atoms. The number of rotatable bonds is 8. The first kappa shape index (κ1) is 33.2. The molecule has 2 N–H and O–H groups in total. The van der Waals surface area contributed by atoms with Crippen LogP contribution in [0.3, 0.4) is 0 Å². The van der Waals surface area contributed by atoms with Gasteiger partial charge in [-0.15, -0.1) is 0 Å². The van der Waals surface area contributed by atoms with Crippen LogP contribution in [0.2, 0.25) is 0 Å². The molecular formula is C30H30F6N4O5. The number of hydroxylamine groups is 2. The summed E-state index contributed by atoms with van der Waals surface area (Å²) in [6.07, 6.45) is -10.9. The van der Waals surface area contributed by atoms with E-state index in [-0.39, 0.29) is 29.4 Å². The van der Waals surface area contributed by atoms with Gasteiger partial charge in [0.1, 0.15) is 0 Å². The largest absolute Gasteiger partial charge is 0.493 e. The zero-order chi connectivity index (χ0) is 33.3. The van der Waals surface area contributed by atoms with Crippen LogP contribution in [0, 0.1) is 0 Å². The molecule has 0 unspecified atom stereocenters. The number of urea groups is 2. The molecular weight excluding hydrogens is 610 g/mol. The SMILES string of the molecule is COc1ccc(CCN2C(=O)N(c3cccc(C(F)(F)F)c3)[C@@H](N(O)C(=O)Nc3cccc(C(F)(F)F)c3)C2(C)C)cc1OC. The minimum atomic E-state index is -4.77. The maximum absolute atomic E-state index is 13.9. The molecule has 3 aromatic carbocycles. The first-order valence-electron chi connectivity index (χ1n) is 13.4. The third-order valence-electron chi connectivity index (χ3n) is 7.41. The highest BCUT2D eigenvalue weighted by atomic mass is 19.4. The van der Waals surface area contributed by atoms with Crippen molar-refractivity contribution >= 4 is 23.4 Å². The minimum absolute atomic E-state index is 0.00361. The molecule has 45 heavy (non-hydrogen) atoms. The van der Waals surface area contributed by atoms with Crippen LogP contribution in [0.1, 0.15) is 30.5 Å². The van der Waals surface area contributed by atoms with Crippen molar-refractivity contribution in [2.24, 2.45) is 0 Å². The molecule has 1 aliphatic rings. The highest BCUT2D eigenvalue weighted by Crippen LogP contribution is 2.40. The normalized spacial score (nSPS) is 16.5. The predicted molar refractivity (Wildman–Crippen MR) is 151 cm³/mol. The number of hydrogen-bond acceptors (Lipinski definition) is 5. The van der Waals surface area contributed by atoms with Gasteiger partial charge >= 0.3 is 24.4 Å². The number of ether oxygens (including phenoxy) is 2. The number of alkyl halides is 6. The maximum Gasteiger partial charge on any atom is 0.416 e. The van der Waals surface area contributed by atoms with Gasteiger partial charge in [0, 0.05) is 17.9 Å². The highest BCUT2D eigenvalue weighted by molar-refractivity contribution is 5.98. The average molecular weight is 641 g/mol. The monoisotopic (exact) mass is 640 g/mol. The fourth-order valence-electron chi connectivity index (χ4n) is 5.15. The van der Waals surface area contributed by atoms with E-state index >= 15 is 0 Å². The van der Waals surface area contributed by atoms with Crippen molar-refractivity contribution < 1.29 is 50.6 Å². The Morgan fingerprint density at radius 2 is 1.51 bits per heavy atom. The summed E-state index contributed by atoms with van der Waals surface area (Å²) in [4.78, 5) is 29.2. The molecule has 0 aromatic heterocycles. The van der Waals surface area contributed by atoms with Crippen molar-refractivity contribution in [2.45, 2.75) is 44.3 Å². The van der Waals surface area contributed by atoms with Gasteiger partial charge in [-0.05, 0) is 74.4 Å². The second kappa shape index (κ2) is 12.4. The van der Waals surface area contributed by atoms with Crippen LogP contribution in [0.15, 0.2) is 66.7 Å². The molecule has 1 aliphatic heterocycles. The Hall–Kier alpha value is -4.66. The van der Waals surface area contributed by atoms with Crippen LogP contribution < -0.4 is 19.7 Å². The standard InChI is InChI=1S/C30H30F6N4O5/c1-28(2)25(40(43)26(41)37-21-9-5-7-19(16-21)29(31,32)33)39(22-10-6-8-20(17-22)30(34,35)36)27(42)38(28)14-13-18-11-12-23(44-3)24(15-18)45-4/h5-12,15-17,25,43H,13-14H2,1-4H3,(H,37,41)/t25-/m0/s1. The molecule has 15 heteroatoms. The Morgan fingerprint density at radius 3 is 2.11 bits per heavy atom. The fraction of sp³-hybridized carbons (Fsp3) is 0.333. The molecule has 4 amide bonds. The van der Waals surface area contributed by atoms with E-state index in [0.29, 0.717) is 29.2 Å². The van der Waals surface area contributed by atoms with E-state index in [4.69, 9.17) is 9.47 Å². The second-order valence-corrected chi connectivity index (χ2v) is 10.7. The lowest BCUT2D eigenvalue weighted by molar-refractivity contribution is -0.138. The summed E-state index contributed by atoms with van der Waals surface area (Å²) >= 11 is 0. The Morgan fingerprint density at radius 1 is 0.911 bits per heavy atom. The first-order valence-corrected chi connectivity index (χ1v) is 13.4. The van der Waals surface area contributed by atoms with Gasteiger partial charge in [0.15, 0.2) is 17.7 Å². The fourth-order valence-corrected chi connectivity index (χ4v) is 5.15. The van der Waals surface area contributed by atoms with Crippen molar-refractivity contribution in [3.8, 4) is 11.5 Å². The Balaban J connectivity index is 1.70. The number of hydrogen-bond donors (Lipinski definition) is 2. The number of halogens is 6. The van der Waals surface area contributed by atoms with Gasteiger partial charge < -0.3 is 19.7 Å². The van der Waals surface area contributed by atoms with E-state index in [9.17, 15) is 41.1 Å². The van der Waals surface area contributed by atoms with Gasteiger partial charge in [-0.3, -0.25) is 10.1 Å². The molecule has 0 bridgehead atoms. The zero-order valence-corrected chi connectivity index (χ0v) is 24.5. The molecule has 3 aromatic rings. The van der Waals surface area contributed by atoms with Crippen molar-refractivity contribution in [1.82, 2.24) is 9.96 Å². The second-order valence-electron chi connectivity index (χ2n) is 10.7. The summed E-state index contributed by atoms with van der Waals surface area (Å²) in [6.45, 7) is 2.99. The number of carbonyl (C=O) groups excluding carboxylic acids is 2. The van der Waals surface area contributed by atoms with Crippen LogP contribution in [-0.4, -0.2) is 59.7 Å². The molecule has 9 nitrogen and oxygen atoms in total. The van der Waals surface area contributed by atoms with E-state index in [2.05, 4.69) is 5.32 Å². The number of carbonyl (C=O) groups is 2. The van der Waals surface area contributed by atoms with Crippen LogP contribution in [0.4, 0.5) is 47.3 Å². The zero-order valence-electron chi connectivity index (χ0n) is 24.5. The number of benzene rings is 3. The van der Waals surface area contributed by atoms with Gasteiger partial charge in [-0.2, -0.15) is 31.4 Å².